The highest BCUT2D eigenvalue weighted by molar-refractivity contribution is 5.95. The number of carbonyl (C=O) groups excluding carboxylic acids is 1. The minimum absolute atomic E-state index is 0.0532. The molecule has 9 heteroatoms. The Bertz CT molecular complexity index is 917. The van der Waals surface area contributed by atoms with Crippen molar-refractivity contribution in [2.75, 3.05) is 0 Å². The molecule has 3 rings (SSSR count). The van der Waals surface area contributed by atoms with Gasteiger partial charge in [-0.1, -0.05) is 25.1 Å². The highest BCUT2D eigenvalue weighted by Crippen LogP contribution is 2.24. The number of carbonyl (C=O) groups is 1. The zero-order chi connectivity index (χ0) is 18.7. The van der Waals surface area contributed by atoms with E-state index in [2.05, 4.69) is 15.5 Å². The van der Waals surface area contributed by atoms with Gasteiger partial charge in [-0.05, 0) is 24.1 Å². The van der Waals surface area contributed by atoms with E-state index in [1.807, 2.05) is 13.8 Å². The molecule has 1 atom stereocenters. The van der Waals surface area contributed by atoms with Gasteiger partial charge in [0.25, 0.3) is 11.6 Å². The minimum Gasteiger partial charge on any atom is -0.461 e. The number of nitrogens with one attached hydrogen (secondary N) is 1. The molecular weight excluding hydrogens is 340 g/mol. The quantitative estimate of drug-likeness (QED) is 0.530. The second-order valence-electron chi connectivity index (χ2n) is 5.94. The van der Waals surface area contributed by atoms with Gasteiger partial charge in [0.05, 0.1) is 11.2 Å². The first-order chi connectivity index (χ1) is 12.5. The summed E-state index contributed by atoms with van der Waals surface area (Å²) in [6.45, 7) is 3.77. The van der Waals surface area contributed by atoms with Crippen molar-refractivity contribution in [1.82, 2.24) is 15.5 Å². The predicted molar refractivity (Wildman–Crippen MR) is 90.1 cm³/mol. The van der Waals surface area contributed by atoms with E-state index < -0.39 is 16.9 Å². The fraction of sp³-hybridized carbons (Fsp3) is 0.235. The van der Waals surface area contributed by atoms with E-state index in [0.717, 1.165) is 0 Å². The topological polar surface area (TPSA) is 124 Å². The van der Waals surface area contributed by atoms with E-state index in [1.54, 1.807) is 12.1 Å². The fourth-order valence-electron chi connectivity index (χ4n) is 2.37. The Balaban J connectivity index is 1.82. The highest BCUT2D eigenvalue weighted by atomic mass is 16.6. The van der Waals surface area contributed by atoms with E-state index in [-0.39, 0.29) is 28.9 Å². The average Bonchev–Trinajstić information content (AvgIpc) is 3.30. The summed E-state index contributed by atoms with van der Waals surface area (Å²) in [5.41, 5.74) is 0.0206. The van der Waals surface area contributed by atoms with Gasteiger partial charge in [0.15, 0.2) is 5.76 Å². The molecule has 0 aliphatic rings. The minimum atomic E-state index is -0.557. The molecule has 0 radical (unpaired) electrons. The van der Waals surface area contributed by atoms with Gasteiger partial charge < -0.3 is 14.3 Å². The molecule has 0 unspecified atom stereocenters. The number of rotatable bonds is 6. The Hall–Kier alpha value is -3.49. The summed E-state index contributed by atoms with van der Waals surface area (Å²) in [4.78, 5) is 27.1. The van der Waals surface area contributed by atoms with Crippen LogP contribution in [0.5, 0.6) is 0 Å². The molecule has 3 aromatic rings. The lowest BCUT2D eigenvalue weighted by Crippen LogP contribution is -2.32. The molecule has 0 aliphatic heterocycles. The first-order valence-electron chi connectivity index (χ1n) is 7.88. The maximum atomic E-state index is 12.5. The number of amides is 1. The van der Waals surface area contributed by atoms with Gasteiger partial charge in [0.1, 0.15) is 6.04 Å². The Morgan fingerprint density at radius 2 is 2.08 bits per heavy atom. The Morgan fingerprint density at radius 3 is 2.73 bits per heavy atom. The van der Waals surface area contributed by atoms with Crippen LogP contribution >= 0.6 is 0 Å². The van der Waals surface area contributed by atoms with Crippen molar-refractivity contribution in [3.05, 3.63) is 64.2 Å². The summed E-state index contributed by atoms with van der Waals surface area (Å²) in [6.07, 6.45) is 1.50. The molecule has 0 saturated carbocycles. The number of furan rings is 1. The van der Waals surface area contributed by atoms with Crippen molar-refractivity contribution >= 4 is 11.6 Å². The normalized spacial score (nSPS) is 12.1. The number of aromatic nitrogens is 2. The number of nitro benzene ring substituents is 1. The van der Waals surface area contributed by atoms with Crippen LogP contribution in [0.3, 0.4) is 0 Å². The SMILES string of the molecule is CC(C)[C@@H](NC(=O)c1cccc([N+](=O)[O-])c1)c1nc(-c2ccco2)no1. The summed E-state index contributed by atoms with van der Waals surface area (Å²) >= 11 is 0. The van der Waals surface area contributed by atoms with Crippen LogP contribution in [0, 0.1) is 16.0 Å². The van der Waals surface area contributed by atoms with Crippen LogP contribution in [0.1, 0.15) is 36.1 Å². The number of nitrogens with zero attached hydrogens (tertiary/aromatic N) is 3. The Labute approximate surface area is 148 Å². The first kappa shape index (κ1) is 17.3. The average molecular weight is 356 g/mol. The molecule has 0 fully saturated rings. The number of hydrogen-bond acceptors (Lipinski definition) is 7. The molecule has 0 saturated heterocycles. The molecular formula is C17H16N4O5. The summed E-state index contributed by atoms with van der Waals surface area (Å²) in [6, 6.07) is 8.34. The number of benzene rings is 1. The van der Waals surface area contributed by atoms with Gasteiger partial charge in [-0.2, -0.15) is 4.98 Å². The van der Waals surface area contributed by atoms with E-state index in [1.165, 1.54) is 30.5 Å². The highest BCUT2D eigenvalue weighted by Gasteiger charge is 2.26. The number of non-ortho nitro benzene ring substituents is 1. The monoisotopic (exact) mass is 356 g/mol. The number of nitro groups is 1. The fourth-order valence-corrected chi connectivity index (χ4v) is 2.37. The van der Waals surface area contributed by atoms with Crippen molar-refractivity contribution in [2.24, 2.45) is 5.92 Å². The van der Waals surface area contributed by atoms with Gasteiger partial charge in [-0.3, -0.25) is 14.9 Å². The van der Waals surface area contributed by atoms with Crippen molar-refractivity contribution in [2.45, 2.75) is 19.9 Å². The third kappa shape index (κ3) is 3.61. The van der Waals surface area contributed by atoms with Crippen LogP contribution in [0.25, 0.3) is 11.6 Å². The smallest absolute Gasteiger partial charge is 0.270 e. The largest absolute Gasteiger partial charge is 0.461 e. The lowest BCUT2D eigenvalue weighted by atomic mass is 10.0. The van der Waals surface area contributed by atoms with Crippen LogP contribution in [-0.2, 0) is 0 Å². The van der Waals surface area contributed by atoms with Crippen molar-refractivity contribution in [3.8, 4) is 11.6 Å². The van der Waals surface area contributed by atoms with Gasteiger partial charge in [-0.25, -0.2) is 0 Å². The molecule has 2 heterocycles. The molecule has 134 valence electrons. The van der Waals surface area contributed by atoms with Gasteiger partial charge in [0, 0.05) is 17.7 Å². The zero-order valence-corrected chi connectivity index (χ0v) is 14.1. The van der Waals surface area contributed by atoms with E-state index in [0.29, 0.717) is 5.76 Å². The predicted octanol–water partition coefficient (Wildman–Crippen LogP) is 3.36. The molecule has 9 nitrogen and oxygen atoms in total. The molecule has 0 aliphatic carbocycles. The van der Waals surface area contributed by atoms with Crippen LogP contribution in [0.15, 0.2) is 51.6 Å². The van der Waals surface area contributed by atoms with E-state index in [4.69, 9.17) is 8.94 Å². The van der Waals surface area contributed by atoms with Crippen molar-refractivity contribution in [3.63, 3.8) is 0 Å². The summed E-state index contributed by atoms with van der Waals surface area (Å²) in [7, 11) is 0. The lowest BCUT2D eigenvalue weighted by molar-refractivity contribution is -0.384. The Kier molecular flexibility index (Phi) is 4.78. The molecule has 1 aromatic carbocycles. The molecule has 0 bridgehead atoms. The Morgan fingerprint density at radius 1 is 1.27 bits per heavy atom. The van der Waals surface area contributed by atoms with Crippen molar-refractivity contribution in [1.29, 1.82) is 0 Å². The molecule has 1 N–H and O–H groups in total. The lowest BCUT2D eigenvalue weighted by Gasteiger charge is -2.18. The summed E-state index contributed by atoms with van der Waals surface area (Å²) in [5, 5.41) is 17.5. The van der Waals surface area contributed by atoms with Crippen molar-refractivity contribution < 1.29 is 18.7 Å². The van der Waals surface area contributed by atoms with Gasteiger partial charge >= 0.3 is 0 Å². The third-order valence-electron chi connectivity index (χ3n) is 3.72. The third-order valence-corrected chi connectivity index (χ3v) is 3.72. The maximum Gasteiger partial charge on any atom is 0.270 e. The zero-order valence-electron chi connectivity index (χ0n) is 14.1. The molecule has 1 amide bonds. The molecule has 2 aromatic heterocycles. The first-order valence-corrected chi connectivity index (χ1v) is 7.88. The van der Waals surface area contributed by atoms with Crippen LogP contribution in [0.4, 0.5) is 5.69 Å². The van der Waals surface area contributed by atoms with Crippen LogP contribution in [0.2, 0.25) is 0 Å². The van der Waals surface area contributed by atoms with E-state index in [9.17, 15) is 14.9 Å². The van der Waals surface area contributed by atoms with E-state index >= 15 is 0 Å². The second kappa shape index (κ2) is 7.18. The van der Waals surface area contributed by atoms with Gasteiger partial charge in [0.2, 0.25) is 11.7 Å². The van der Waals surface area contributed by atoms with Gasteiger partial charge in [-0.15, -0.1) is 0 Å². The summed E-state index contributed by atoms with van der Waals surface area (Å²) < 4.78 is 10.5. The molecule has 26 heavy (non-hydrogen) atoms. The molecule has 0 spiro atoms. The standard InChI is InChI=1S/C17H16N4O5/c1-10(2)14(17-19-15(20-26-17)13-7-4-8-25-13)18-16(22)11-5-3-6-12(9-11)21(23)24/h3-10,14H,1-2H3,(H,18,22)/t14-/m1/s1. The van der Waals surface area contributed by atoms with Crippen LogP contribution < -0.4 is 5.32 Å². The maximum absolute atomic E-state index is 12.5. The summed E-state index contributed by atoms with van der Waals surface area (Å²) in [5.74, 6) is 0.436. The number of hydrogen-bond donors (Lipinski definition) is 1. The second-order valence-corrected chi connectivity index (χ2v) is 5.94. The van der Waals surface area contributed by atoms with Crippen LogP contribution in [-0.4, -0.2) is 21.0 Å².